The van der Waals surface area contributed by atoms with Crippen molar-refractivity contribution >= 4 is 32.2 Å². The number of rotatable bonds is 2. The SMILES string of the molecule is Nc1nc(C(=O)NC2CCCS(=O)(=O)C2)cs1. The van der Waals surface area contributed by atoms with Crippen LogP contribution in [0.3, 0.4) is 0 Å². The molecular weight excluding hydrogens is 262 g/mol. The summed E-state index contributed by atoms with van der Waals surface area (Å²) >= 11 is 1.18. The molecule has 1 amide bonds. The molecule has 1 atom stereocenters. The summed E-state index contributed by atoms with van der Waals surface area (Å²) in [5.41, 5.74) is 5.67. The summed E-state index contributed by atoms with van der Waals surface area (Å²) in [6.45, 7) is 0. The van der Waals surface area contributed by atoms with Crippen LogP contribution in [0, 0.1) is 0 Å². The van der Waals surface area contributed by atoms with Crippen molar-refractivity contribution in [2.45, 2.75) is 18.9 Å². The lowest BCUT2D eigenvalue weighted by atomic mass is 10.2. The van der Waals surface area contributed by atoms with E-state index in [9.17, 15) is 13.2 Å². The van der Waals surface area contributed by atoms with E-state index in [1.54, 1.807) is 5.38 Å². The molecule has 0 radical (unpaired) electrons. The Bertz CT molecular complexity index is 523. The molecule has 1 aliphatic heterocycles. The minimum absolute atomic E-state index is 0.0123. The summed E-state index contributed by atoms with van der Waals surface area (Å²) in [6, 6.07) is -0.316. The molecule has 0 aliphatic carbocycles. The van der Waals surface area contributed by atoms with Crippen molar-refractivity contribution in [1.82, 2.24) is 10.3 Å². The van der Waals surface area contributed by atoms with Crippen LogP contribution in [0.5, 0.6) is 0 Å². The number of aromatic nitrogens is 1. The summed E-state index contributed by atoms with van der Waals surface area (Å²) in [5, 5.41) is 4.56. The third-order valence-corrected chi connectivity index (χ3v) is 5.05. The van der Waals surface area contributed by atoms with Crippen molar-refractivity contribution in [3.8, 4) is 0 Å². The number of nitrogen functional groups attached to an aromatic ring is 1. The van der Waals surface area contributed by atoms with Crippen molar-refractivity contribution in [1.29, 1.82) is 0 Å². The van der Waals surface area contributed by atoms with Crippen LogP contribution < -0.4 is 11.1 Å². The van der Waals surface area contributed by atoms with Gasteiger partial charge in [-0.15, -0.1) is 11.3 Å². The van der Waals surface area contributed by atoms with E-state index >= 15 is 0 Å². The molecule has 94 valence electrons. The first-order valence-corrected chi connectivity index (χ1v) is 7.89. The number of hydrogen-bond acceptors (Lipinski definition) is 6. The van der Waals surface area contributed by atoms with Crippen molar-refractivity contribution in [3.05, 3.63) is 11.1 Å². The fourth-order valence-electron chi connectivity index (χ4n) is 1.79. The molecule has 8 heteroatoms. The fraction of sp³-hybridized carbons (Fsp3) is 0.556. The van der Waals surface area contributed by atoms with Crippen LogP contribution in [-0.4, -0.2) is 36.9 Å². The van der Waals surface area contributed by atoms with E-state index in [4.69, 9.17) is 5.73 Å². The minimum Gasteiger partial charge on any atom is -0.375 e. The van der Waals surface area contributed by atoms with Gasteiger partial charge in [-0.05, 0) is 12.8 Å². The van der Waals surface area contributed by atoms with E-state index in [0.717, 1.165) is 0 Å². The lowest BCUT2D eigenvalue weighted by molar-refractivity contribution is 0.0934. The Kier molecular flexibility index (Phi) is 3.34. The van der Waals surface area contributed by atoms with E-state index in [-0.39, 0.29) is 29.1 Å². The molecule has 1 aromatic rings. The molecule has 0 saturated carbocycles. The zero-order chi connectivity index (χ0) is 12.5. The predicted octanol–water partition coefficient (Wildman–Crippen LogP) is 0.0323. The Hall–Kier alpha value is -1.15. The summed E-state index contributed by atoms with van der Waals surface area (Å²) in [7, 11) is -3.01. The molecule has 0 bridgehead atoms. The number of thiazole rings is 1. The average Bonchev–Trinajstić information content (AvgIpc) is 2.63. The first-order valence-electron chi connectivity index (χ1n) is 5.18. The molecule has 0 aromatic carbocycles. The van der Waals surface area contributed by atoms with Gasteiger partial charge in [0.15, 0.2) is 15.0 Å². The third-order valence-electron chi connectivity index (χ3n) is 2.55. The van der Waals surface area contributed by atoms with Gasteiger partial charge in [-0.2, -0.15) is 0 Å². The van der Waals surface area contributed by atoms with Crippen molar-refractivity contribution in [2.75, 3.05) is 17.2 Å². The topological polar surface area (TPSA) is 102 Å². The van der Waals surface area contributed by atoms with Gasteiger partial charge >= 0.3 is 0 Å². The van der Waals surface area contributed by atoms with E-state index in [1.807, 2.05) is 0 Å². The first kappa shape index (κ1) is 12.3. The van der Waals surface area contributed by atoms with Gasteiger partial charge in [-0.1, -0.05) is 0 Å². The zero-order valence-electron chi connectivity index (χ0n) is 9.05. The Morgan fingerprint density at radius 3 is 2.94 bits per heavy atom. The van der Waals surface area contributed by atoms with Crippen LogP contribution in [0.15, 0.2) is 5.38 Å². The largest absolute Gasteiger partial charge is 0.375 e. The summed E-state index contributed by atoms with van der Waals surface area (Å²) in [6.07, 6.45) is 1.27. The van der Waals surface area contributed by atoms with E-state index in [0.29, 0.717) is 18.0 Å². The van der Waals surface area contributed by atoms with Gasteiger partial charge in [0, 0.05) is 11.4 Å². The second kappa shape index (κ2) is 4.61. The average molecular weight is 275 g/mol. The maximum Gasteiger partial charge on any atom is 0.271 e. The number of carbonyl (C=O) groups is 1. The molecule has 1 unspecified atom stereocenters. The third kappa shape index (κ3) is 3.16. The van der Waals surface area contributed by atoms with Gasteiger partial charge in [0.25, 0.3) is 5.91 Å². The number of nitrogens with zero attached hydrogens (tertiary/aromatic N) is 1. The molecule has 3 N–H and O–H groups in total. The number of amides is 1. The highest BCUT2D eigenvalue weighted by molar-refractivity contribution is 7.91. The van der Waals surface area contributed by atoms with Crippen LogP contribution in [0.25, 0.3) is 0 Å². The zero-order valence-corrected chi connectivity index (χ0v) is 10.7. The second-order valence-electron chi connectivity index (χ2n) is 4.00. The highest BCUT2D eigenvalue weighted by Crippen LogP contribution is 2.14. The molecule has 2 rings (SSSR count). The van der Waals surface area contributed by atoms with Crippen LogP contribution >= 0.6 is 11.3 Å². The number of nitrogens with two attached hydrogens (primary N) is 1. The Balaban J connectivity index is 1.99. The molecule has 1 aromatic heterocycles. The van der Waals surface area contributed by atoms with Gasteiger partial charge in [0.2, 0.25) is 0 Å². The maximum atomic E-state index is 11.7. The lowest BCUT2D eigenvalue weighted by Crippen LogP contribution is -2.43. The van der Waals surface area contributed by atoms with Gasteiger partial charge in [-0.25, -0.2) is 13.4 Å². The van der Waals surface area contributed by atoms with Gasteiger partial charge < -0.3 is 11.1 Å². The number of sulfone groups is 1. The highest BCUT2D eigenvalue weighted by Gasteiger charge is 2.26. The number of nitrogens with one attached hydrogen (secondary N) is 1. The van der Waals surface area contributed by atoms with E-state index < -0.39 is 9.84 Å². The van der Waals surface area contributed by atoms with Crippen molar-refractivity contribution in [2.24, 2.45) is 0 Å². The highest BCUT2D eigenvalue weighted by atomic mass is 32.2. The molecule has 1 fully saturated rings. The van der Waals surface area contributed by atoms with Crippen LogP contribution in [0.2, 0.25) is 0 Å². The summed E-state index contributed by atoms with van der Waals surface area (Å²) in [5.74, 6) is -0.137. The van der Waals surface area contributed by atoms with E-state index in [2.05, 4.69) is 10.3 Å². The second-order valence-corrected chi connectivity index (χ2v) is 7.12. The quantitative estimate of drug-likeness (QED) is 0.793. The Morgan fingerprint density at radius 2 is 2.35 bits per heavy atom. The number of anilines is 1. The molecule has 17 heavy (non-hydrogen) atoms. The monoisotopic (exact) mass is 275 g/mol. The van der Waals surface area contributed by atoms with Crippen LogP contribution in [0.4, 0.5) is 5.13 Å². The molecule has 1 aliphatic rings. The Morgan fingerprint density at radius 1 is 1.59 bits per heavy atom. The van der Waals surface area contributed by atoms with Crippen molar-refractivity contribution < 1.29 is 13.2 Å². The fourth-order valence-corrected chi connectivity index (χ4v) is 3.97. The summed E-state index contributed by atoms with van der Waals surface area (Å²) in [4.78, 5) is 15.6. The van der Waals surface area contributed by atoms with Gasteiger partial charge in [-0.3, -0.25) is 4.79 Å². The summed E-state index contributed by atoms with van der Waals surface area (Å²) < 4.78 is 22.8. The minimum atomic E-state index is -3.01. The van der Waals surface area contributed by atoms with Gasteiger partial charge in [0.1, 0.15) is 5.69 Å². The molecular formula is C9H13N3O3S2. The Labute approximate surface area is 103 Å². The lowest BCUT2D eigenvalue weighted by Gasteiger charge is -2.22. The predicted molar refractivity (Wildman–Crippen MR) is 65.7 cm³/mol. The normalized spacial score (nSPS) is 23.2. The molecule has 6 nitrogen and oxygen atoms in total. The standard InChI is InChI=1S/C9H13N3O3S2/c10-9-12-7(4-16-9)8(13)11-6-2-1-3-17(14,15)5-6/h4,6H,1-3,5H2,(H2,10,12)(H,11,13). The molecule has 0 spiro atoms. The molecule has 1 saturated heterocycles. The number of carbonyl (C=O) groups excluding carboxylic acids is 1. The van der Waals surface area contributed by atoms with Crippen LogP contribution in [-0.2, 0) is 9.84 Å². The first-order chi connectivity index (χ1) is 7.96. The maximum absolute atomic E-state index is 11.7. The van der Waals surface area contributed by atoms with E-state index in [1.165, 1.54) is 11.3 Å². The smallest absolute Gasteiger partial charge is 0.271 e. The van der Waals surface area contributed by atoms with Gasteiger partial charge in [0.05, 0.1) is 11.5 Å². The van der Waals surface area contributed by atoms with Crippen molar-refractivity contribution in [3.63, 3.8) is 0 Å². The number of hydrogen-bond donors (Lipinski definition) is 2. The van der Waals surface area contributed by atoms with Crippen LogP contribution in [0.1, 0.15) is 23.3 Å². The molecule has 2 heterocycles.